The van der Waals surface area contributed by atoms with Gasteiger partial charge >= 0.3 is 5.69 Å². The average Bonchev–Trinajstić information content (AvgIpc) is 3.18. The molecule has 0 unspecified atom stereocenters. The topological polar surface area (TPSA) is 85.0 Å². The van der Waals surface area contributed by atoms with E-state index in [0.717, 1.165) is 33.5 Å². The van der Waals surface area contributed by atoms with Gasteiger partial charge in [0.1, 0.15) is 6.33 Å². The van der Waals surface area contributed by atoms with E-state index >= 15 is 0 Å². The molecule has 0 N–H and O–H groups in total. The van der Waals surface area contributed by atoms with Gasteiger partial charge in [0.25, 0.3) is 0 Å². The van der Waals surface area contributed by atoms with E-state index in [2.05, 4.69) is 15.0 Å². The molecule has 142 valence electrons. The molecule has 7 nitrogen and oxygen atoms in total. The van der Waals surface area contributed by atoms with Gasteiger partial charge in [-0.3, -0.25) is 15.1 Å². The van der Waals surface area contributed by atoms with Crippen LogP contribution in [0.15, 0.2) is 77.0 Å². The smallest absolute Gasteiger partial charge is 0.320 e. The van der Waals surface area contributed by atoms with Gasteiger partial charge in [0.2, 0.25) is 5.82 Å². The zero-order valence-electron chi connectivity index (χ0n) is 15.2. The third kappa shape index (κ3) is 3.07. The number of aromatic nitrogens is 3. The first kappa shape index (κ1) is 17.6. The number of rotatable bonds is 4. The quantitative estimate of drug-likeness (QED) is 0.276. The second kappa shape index (κ2) is 7.14. The van der Waals surface area contributed by atoms with Gasteiger partial charge in [-0.1, -0.05) is 48.2 Å². The van der Waals surface area contributed by atoms with Crippen LogP contribution in [-0.4, -0.2) is 26.4 Å². The maximum atomic E-state index is 12.0. The number of benzene rings is 2. The van der Waals surface area contributed by atoms with Crippen molar-refractivity contribution >= 4 is 39.9 Å². The number of para-hydroxylation sites is 2. The van der Waals surface area contributed by atoms with Gasteiger partial charge in [0.15, 0.2) is 5.03 Å². The Kier molecular flexibility index (Phi) is 4.33. The highest BCUT2D eigenvalue weighted by Gasteiger charge is 2.31. The van der Waals surface area contributed by atoms with E-state index in [0.29, 0.717) is 17.4 Å². The van der Waals surface area contributed by atoms with Crippen molar-refractivity contribution in [2.75, 3.05) is 11.4 Å². The van der Waals surface area contributed by atoms with Crippen LogP contribution in [0.1, 0.15) is 5.56 Å². The second-order valence-corrected chi connectivity index (χ2v) is 7.60. The Bertz CT molecular complexity index is 1240. The minimum atomic E-state index is -0.392. The molecule has 0 radical (unpaired) electrons. The summed E-state index contributed by atoms with van der Waals surface area (Å²) in [6.07, 6.45) is 3.94. The van der Waals surface area contributed by atoms with Gasteiger partial charge in [-0.05, 0) is 30.2 Å². The van der Waals surface area contributed by atoms with Crippen LogP contribution in [0.2, 0.25) is 0 Å². The number of nitrogens with zero attached hydrogens (tertiary/aromatic N) is 5. The highest BCUT2D eigenvalue weighted by Crippen LogP contribution is 2.43. The summed E-state index contributed by atoms with van der Waals surface area (Å²) >= 11 is 1.24. The van der Waals surface area contributed by atoms with Crippen molar-refractivity contribution in [2.24, 2.45) is 0 Å². The average molecular weight is 401 g/mol. The van der Waals surface area contributed by atoms with Gasteiger partial charge in [0.05, 0.1) is 10.4 Å². The van der Waals surface area contributed by atoms with Crippen molar-refractivity contribution < 1.29 is 4.92 Å². The molecular weight excluding hydrogens is 386 g/mol. The molecule has 0 saturated heterocycles. The van der Waals surface area contributed by atoms with E-state index in [4.69, 9.17) is 0 Å². The molecule has 8 heteroatoms. The zero-order valence-corrected chi connectivity index (χ0v) is 16.0. The summed E-state index contributed by atoms with van der Waals surface area (Å²) in [7, 11) is 0. The Morgan fingerprint density at radius 1 is 1.00 bits per heavy atom. The molecule has 1 aliphatic heterocycles. The van der Waals surface area contributed by atoms with Crippen LogP contribution in [0.3, 0.4) is 0 Å². The third-order valence-electron chi connectivity index (χ3n) is 4.90. The molecular formula is C21H15N5O2S. The van der Waals surface area contributed by atoms with Gasteiger partial charge in [-0.15, -0.1) is 0 Å². The van der Waals surface area contributed by atoms with Crippen molar-refractivity contribution in [3.05, 3.63) is 82.8 Å². The summed E-state index contributed by atoms with van der Waals surface area (Å²) in [5.74, 6) is 0.325. The lowest BCUT2D eigenvalue weighted by Gasteiger charge is -2.18. The number of anilines is 2. The van der Waals surface area contributed by atoms with Crippen LogP contribution in [-0.2, 0) is 6.42 Å². The van der Waals surface area contributed by atoms with Crippen molar-refractivity contribution in [3.63, 3.8) is 0 Å². The molecule has 0 saturated carbocycles. The first-order chi connectivity index (χ1) is 14.2. The lowest BCUT2D eigenvalue weighted by Crippen LogP contribution is -2.17. The van der Waals surface area contributed by atoms with Crippen molar-refractivity contribution in [2.45, 2.75) is 16.3 Å². The minimum absolute atomic E-state index is 0.0814. The fourth-order valence-corrected chi connectivity index (χ4v) is 4.59. The van der Waals surface area contributed by atoms with E-state index in [-0.39, 0.29) is 5.69 Å². The van der Waals surface area contributed by atoms with Crippen molar-refractivity contribution in [1.82, 2.24) is 15.0 Å². The van der Waals surface area contributed by atoms with Crippen LogP contribution in [0.4, 0.5) is 17.2 Å². The molecule has 2 aromatic heterocycles. The molecule has 0 aliphatic carbocycles. The molecule has 2 aromatic carbocycles. The fourth-order valence-electron chi connectivity index (χ4n) is 3.61. The Balaban J connectivity index is 1.62. The third-order valence-corrected chi connectivity index (χ3v) is 5.94. The highest BCUT2D eigenvalue weighted by atomic mass is 32.2. The Morgan fingerprint density at radius 2 is 1.86 bits per heavy atom. The lowest BCUT2D eigenvalue weighted by atomic mass is 10.2. The summed E-state index contributed by atoms with van der Waals surface area (Å²) in [6.45, 7) is 0.650. The number of hydrogen-bond donors (Lipinski definition) is 0. The lowest BCUT2D eigenvalue weighted by molar-refractivity contribution is -0.387. The normalized spacial score (nSPS) is 12.9. The fraction of sp³-hybridized carbons (Fsp3) is 0.0952. The first-order valence-corrected chi connectivity index (χ1v) is 9.90. The van der Waals surface area contributed by atoms with Crippen LogP contribution >= 0.6 is 11.8 Å². The summed E-state index contributed by atoms with van der Waals surface area (Å²) in [6, 6.07) is 17.5. The Hall–Kier alpha value is -3.52. The van der Waals surface area contributed by atoms with E-state index in [9.17, 15) is 10.1 Å². The first-order valence-electron chi connectivity index (χ1n) is 9.09. The number of hydrogen-bond acceptors (Lipinski definition) is 7. The Morgan fingerprint density at radius 3 is 2.76 bits per heavy atom. The van der Waals surface area contributed by atoms with Crippen molar-refractivity contribution in [1.29, 1.82) is 0 Å². The van der Waals surface area contributed by atoms with Crippen LogP contribution < -0.4 is 4.90 Å². The van der Waals surface area contributed by atoms with E-state index in [1.54, 1.807) is 6.20 Å². The second-order valence-electron chi connectivity index (χ2n) is 6.57. The maximum absolute atomic E-state index is 12.0. The monoisotopic (exact) mass is 401 g/mol. The van der Waals surface area contributed by atoms with Gasteiger partial charge in [-0.2, -0.15) is 0 Å². The minimum Gasteiger partial charge on any atom is -0.320 e. The summed E-state index contributed by atoms with van der Waals surface area (Å²) < 4.78 is 0. The predicted octanol–water partition coefficient (Wildman–Crippen LogP) is 4.78. The summed E-state index contributed by atoms with van der Waals surface area (Å²) in [5, 5.41) is 13.3. The molecule has 1 aliphatic rings. The number of pyridine rings is 1. The van der Waals surface area contributed by atoms with Gasteiger partial charge < -0.3 is 4.90 Å². The molecule has 3 heterocycles. The molecule has 0 fully saturated rings. The van der Waals surface area contributed by atoms with E-state index in [1.165, 1.54) is 18.1 Å². The number of nitro groups is 1. The predicted molar refractivity (Wildman–Crippen MR) is 112 cm³/mol. The molecule has 0 spiro atoms. The molecule has 5 rings (SSSR count). The molecule has 0 amide bonds. The van der Waals surface area contributed by atoms with Crippen LogP contribution in [0, 0.1) is 10.1 Å². The largest absolute Gasteiger partial charge is 0.344 e. The molecule has 0 atom stereocenters. The number of fused-ring (bicyclic) bond motifs is 2. The van der Waals surface area contributed by atoms with E-state index in [1.807, 2.05) is 59.5 Å². The highest BCUT2D eigenvalue weighted by molar-refractivity contribution is 7.99. The van der Waals surface area contributed by atoms with E-state index < -0.39 is 4.92 Å². The molecule has 0 bridgehead atoms. The Labute approximate surface area is 170 Å². The van der Waals surface area contributed by atoms with Crippen LogP contribution in [0.5, 0.6) is 0 Å². The maximum Gasteiger partial charge on any atom is 0.344 e. The zero-order chi connectivity index (χ0) is 19.8. The van der Waals surface area contributed by atoms with Gasteiger partial charge in [0, 0.05) is 28.7 Å². The van der Waals surface area contributed by atoms with Gasteiger partial charge in [-0.25, -0.2) is 9.97 Å². The van der Waals surface area contributed by atoms with Crippen molar-refractivity contribution in [3.8, 4) is 0 Å². The summed E-state index contributed by atoms with van der Waals surface area (Å²) in [4.78, 5) is 27.3. The standard InChI is InChI=1S/C21H15N5O2S/c27-26(28)19-20(25-12-10-14-5-1-2-8-16(14)25)23-13-24-21(19)29-17-9-3-6-15-7-4-11-22-18(15)17/h1-9,11,13H,10,12H2. The SMILES string of the molecule is O=[N+]([O-])c1c(Sc2cccc3cccnc23)ncnc1N1CCc2ccccc21. The summed E-state index contributed by atoms with van der Waals surface area (Å²) in [5.41, 5.74) is 2.83. The molecule has 4 aromatic rings. The molecule has 29 heavy (non-hydrogen) atoms. The van der Waals surface area contributed by atoms with Crippen LogP contribution in [0.25, 0.3) is 10.9 Å².